The van der Waals surface area contributed by atoms with Gasteiger partial charge in [0.25, 0.3) is 0 Å². The van der Waals surface area contributed by atoms with E-state index >= 15 is 4.39 Å². The number of rotatable bonds is 6. The summed E-state index contributed by atoms with van der Waals surface area (Å²) >= 11 is 0. The van der Waals surface area contributed by atoms with Gasteiger partial charge >= 0.3 is 35.3 Å². The standard InChI is InChI=1S/C24H21FN2O4.Na/c1-15-5-3-6-16(2)21(15)20-8-4-7-18(22(20)25)14-30-19-11-9-17(10-12-19)13-27-23(28)26-24(29)31-27;/h3-12H,13-14H2,1-2H3,(H,26,28,29);/q;+1/p-1. The SMILES string of the molecule is Cc1cccc(C)c1-c1cccc(COc2ccc(Cn3oc(=O)[n-]c3=O)cc2)c1F.[Na+]. The van der Waals surface area contributed by atoms with Crippen molar-refractivity contribution in [1.82, 2.24) is 9.72 Å². The number of aromatic nitrogens is 2. The van der Waals surface area contributed by atoms with Crippen molar-refractivity contribution in [3.05, 3.63) is 110 Å². The summed E-state index contributed by atoms with van der Waals surface area (Å²) in [6.45, 7) is 4.10. The van der Waals surface area contributed by atoms with E-state index in [0.717, 1.165) is 27.0 Å². The maximum Gasteiger partial charge on any atom is 1.00 e. The van der Waals surface area contributed by atoms with Gasteiger partial charge in [0, 0.05) is 17.7 Å². The van der Waals surface area contributed by atoms with Crippen LogP contribution in [0.3, 0.4) is 0 Å². The number of ether oxygens (including phenoxy) is 1. The monoisotopic (exact) mass is 442 g/mol. The van der Waals surface area contributed by atoms with E-state index in [1.165, 1.54) is 0 Å². The smallest absolute Gasteiger partial charge is 0.489 e. The summed E-state index contributed by atoms with van der Waals surface area (Å²) in [5.41, 5.74) is 3.95. The fraction of sp³-hybridized carbons (Fsp3) is 0.167. The van der Waals surface area contributed by atoms with Gasteiger partial charge in [0.15, 0.2) is 5.69 Å². The molecular formula is C24H20FN2NaO4. The van der Waals surface area contributed by atoms with Crippen molar-refractivity contribution >= 4 is 0 Å². The van der Waals surface area contributed by atoms with Crippen molar-refractivity contribution in [1.29, 1.82) is 0 Å². The van der Waals surface area contributed by atoms with E-state index in [1.807, 2.05) is 38.1 Å². The molecule has 0 bridgehead atoms. The fourth-order valence-corrected chi connectivity index (χ4v) is 3.53. The van der Waals surface area contributed by atoms with Crippen molar-refractivity contribution in [2.45, 2.75) is 27.0 Å². The van der Waals surface area contributed by atoms with E-state index in [9.17, 15) is 9.59 Å². The Kier molecular flexibility index (Phi) is 7.56. The van der Waals surface area contributed by atoms with E-state index in [4.69, 9.17) is 9.26 Å². The Hall–Kier alpha value is -2.87. The summed E-state index contributed by atoms with van der Waals surface area (Å²) < 4.78 is 26.6. The zero-order chi connectivity index (χ0) is 22.0. The van der Waals surface area contributed by atoms with Crippen LogP contribution in [-0.2, 0) is 13.2 Å². The molecular weight excluding hydrogens is 422 g/mol. The van der Waals surface area contributed by atoms with Gasteiger partial charge in [-0.2, -0.15) is 0 Å². The van der Waals surface area contributed by atoms with Gasteiger partial charge in [0.05, 0.1) is 0 Å². The molecule has 4 aromatic rings. The number of hydrogen-bond donors (Lipinski definition) is 0. The summed E-state index contributed by atoms with van der Waals surface area (Å²) in [6.07, 6.45) is 0. The molecule has 3 aromatic carbocycles. The first-order valence-electron chi connectivity index (χ1n) is 9.73. The van der Waals surface area contributed by atoms with Gasteiger partial charge in [-0.05, 0) is 48.2 Å². The van der Waals surface area contributed by atoms with Crippen molar-refractivity contribution < 1.29 is 43.2 Å². The molecule has 0 aliphatic carbocycles. The molecule has 32 heavy (non-hydrogen) atoms. The van der Waals surface area contributed by atoms with Gasteiger partial charge < -0.3 is 14.2 Å². The van der Waals surface area contributed by atoms with E-state index in [2.05, 4.69) is 4.98 Å². The van der Waals surface area contributed by atoms with Crippen molar-refractivity contribution in [3.8, 4) is 16.9 Å². The quantitative estimate of drug-likeness (QED) is 0.413. The number of nitrogens with zero attached hydrogens (tertiary/aromatic N) is 2. The van der Waals surface area contributed by atoms with Crippen LogP contribution >= 0.6 is 0 Å². The minimum Gasteiger partial charge on any atom is -0.489 e. The molecule has 0 unspecified atom stereocenters. The zero-order valence-corrected chi connectivity index (χ0v) is 20.1. The van der Waals surface area contributed by atoms with Crippen LogP contribution < -0.4 is 50.7 Å². The Morgan fingerprint density at radius 2 is 1.62 bits per heavy atom. The summed E-state index contributed by atoms with van der Waals surface area (Å²) in [4.78, 5) is 25.6. The number of aryl methyl sites for hydroxylation is 2. The van der Waals surface area contributed by atoms with Crippen LogP contribution in [0.2, 0.25) is 0 Å². The van der Waals surface area contributed by atoms with Crippen LogP contribution in [-0.4, -0.2) is 4.74 Å². The second-order valence-electron chi connectivity index (χ2n) is 7.27. The average molecular weight is 442 g/mol. The van der Waals surface area contributed by atoms with Gasteiger partial charge in [-0.15, -0.1) is 0 Å². The summed E-state index contributed by atoms with van der Waals surface area (Å²) in [6, 6.07) is 18.1. The first kappa shape index (κ1) is 23.8. The van der Waals surface area contributed by atoms with Crippen molar-refractivity contribution in [3.63, 3.8) is 0 Å². The topological polar surface area (TPSA) is 75.5 Å². The molecule has 8 heteroatoms. The van der Waals surface area contributed by atoms with Crippen LogP contribution in [0.5, 0.6) is 5.75 Å². The number of hydrogen-bond acceptors (Lipinski definition) is 4. The van der Waals surface area contributed by atoms with Crippen LogP contribution in [0.1, 0.15) is 22.3 Å². The Bertz CT molecular complexity index is 1320. The van der Waals surface area contributed by atoms with Crippen molar-refractivity contribution in [2.75, 3.05) is 0 Å². The minimum atomic E-state index is -0.921. The fourth-order valence-electron chi connectivity index (χ4n) is 3.53. The third kappa shape index (κ3) is 5.12. The van der Waals surface area contributed by atoms with E-state index < -0.39 is 11.4 Å². The molecule has 0 fully saturated rings. The molecule has 0 aliphatic heterocycles. The van der Waals surface area contributed by atoms with Crippen LogP contribution in [0, 0.1) is 19.7 Å². The molecule has 0 atom stereocenters. The zero-order valence-electron chi connectivity index (χ0n) is 18.1. The molecule has 6 nitrogen and oxygen atoms in total. The molecule has 0 amide bonds. The van der Waals surface area contributed by atoms with Crippen molar-refractivity contribution in [2.24, 2.45) is 0 Å². The Morgan fingerprint density at radius 3 is 2.25 bits per heavy atom. The van der Waals surface area contributed by atoms with Crippen LogP contribution in [0.25, 0.3) is 11.1 Å². The molecule has 0 spiro atoms. The first-order chi connectivity index (χ1) is 14.9. The maximum atomic E-state index is 15.2. The van der Waals surface area contributed by atoms with Gasteiger partial charge in [0.2, 0.25) is 0 Å². The predicted octanol–water partition coefficient (Wildman–Crippen LogP) is 0.813. The molecule has 0 N–H and O–H groups in total. The Morgan fingerprint density at radius 1 is 0.969 bits per heavy atom. The van der Waals surface area contributed by atoms with E-state index in [0.29, 0.717) is 16.9 Å². The molecule has 4 rings (SSSR count). The van der Waals surface area contributed by atoms with Gasteiger partial charge in [-0.3, -0.25) is 9.53 Å². The van der Waals surface area contributed by atoms with Gasteiger partial charge in [-0.1, -0.05) is 48.5 Å². The van der Waals surface area contributed by atoms with Crippen LogP contribution in [0.15, 0.2) is 74.8 Å². The summed E-state index contributed by atoms with van der Waals surface area (Å²) in [5.74, 6) is -0.667. The molecule has 1 heterocycles. The summed E-state index contributed by atoms with van der Waals surface area (Å²) in [5, 5.41) is 0. The third-order valence-corrected chi connectivity index (χ3v) is 5.06. The first-order valence-corrected chi connectivity index (χ1v) is 9.73. The minimum absolute atomic E-state index is 0. The molecule has 0 saturated heterocycles. The number of halogens is 1. The predicted molar refractivity (Wildman–Crippen MR) is 114 cm³/mol. The normalized spacial score (nSPS) is 10.6. The summed E-state index contributed by atoms with van der Waals surface area (Å²) in [7, 11) is 0. The van der Waals surface area contributed by atoms with Crippen LogP contribution in [0.4, 0.5) is 4.39 Å². The second-order valence-corrected chi connectivity index (χ2v) is 7.27. The molecule has 158 valence electrons. The Labute approximate surface area is 205 Å². The largest absolute Gasteiger partial charge is 1.00 e. The van der Waals surface area contributed by atoms with E-state index in [-0.39, 0.29) is 48.5 Å². The van der Waals surface area contributed by atoms with Gasteiger partial charge in [-0.25, -0.2) is 9.18 Å². The maximum absolute atomic E-state index is 15.2. The third-order valence-electron chi connectivity index (χ3n) is 5.06. The average Bonchev–Trinajstić information content (AvgIpc) is 3.06. The molecule has 0 saturated carbocycles. The Balaban J connectivity index is 0.00000289. The van der Waals surface area contributed by atoms with E-state index in [1.54, 1.807) is 36.4 Å². The molecule has 0 radical (unpaired) electrons. The molecule has 0 aliphatic rings. The second kappa shape index (κ2) is 10.2. The van der Waals surface area contributed by atoms with Gasteiger partial charge in [0.1, 0.15) is 18.2 Å². The molecule has 1 aromatic heterocycles. The number of benzene rings is 3.